The molecule has 0 bridgehead atoms. The van der Waals surface area contributed by atoms with E-state index < -0.39 is 0 Å². The molecule has 0 saturated heterocycles. The molecule has 0 aliphatic heterocycles. The van der Waals surface area contributed by atoms with Gasteiger partial charge in [0.1, 0.15) is 0 Å². The zero-order valence-electron chi connectivity index (χ0n) is 15.7. The van der Waals surface area contributed by atoms with Crippen molar-refractivity contribution in [2.75, 3.05) is 0 Å². The van der Waals surface area contributed by atoms with Gasteiger partial charge in [0.05, 0.1) is 0 Å². The molecular weight excluding hydrogens is 328 g/mol. The van der Waals surface area contributed by atoms with Crippen LogP contribution in [-0.4, -0.2) is 22.5 Å². The van der Waals surface area contributed by atoms with Crippen molar-refractivity contribution in [3.05, 3.63) is 52.4 Å². The number of hydrogen-bond donors (Lipinski definition) is 1. The molecular formula is C21H26N2O3. The normalized spacial score (nSPS) is 16.3. The van der Waals surface area contributed by atoms with Crippen LogP contribution < -0.4 is 5.73 Å². The minimum atomic E-state index is -0.295. The van der Waals surface area contributed by atoms with E-state index in [4.69, 9.17) is 5.73 Å². The summed E-state index contributed by atoms with van der Waals surface area (Å²) in [4.78, 5) is 40.5. The number of amides is 1. The molecule has 0 radical (unpaired) electrons. The van der Waals surface area contributed by atoms with E-state index in [2.05, 4.69) is 4.98 Å². The number of pyridine rings is 1. The Balaban J connectivity index is 2.28. The molecule has 0 fully saturated rings. The number of hydrogen-bond acceptors (Lipinski definition) is 4. The average molecular weight is 354 g/mol. The van der Waals surface area contributed by atoms with Gasteiger partial charge >= 0.3 is 0 Å². The van der Waals surface area contributed by atoms with Crippen molar-refractivity contribution < 1.29 is 14.4 Å². The van der Waals surface area contributed by atoms with Crippen LogP contribution in [0, 0.1) is 0 Å². The smallest absolute Gasteiger partial charge is 0.217 e. The highest BCUT2D eigenvalue weighted by Gasteiger charge is 2.33. The summed E-state index contributed by atoms with van der Waals surface area (Å²) in [6.45, 7) is 5.16. The highest BCUT2D eigenvalue weighted by atomic mass is 16.1. The molecule has 0 spiro atoms. The number of unbranched alkanes of at least 4 members (excludes halogenated alkanes) is 2. The van der Waals surface area contributed by atoms with E-state index in [1.165, 1.54) is 0 Å². The minimum Gasteiger partial charge on any atom is -0.370 e. The van der Waals surface area contributed by atoms with Crippen LogP contribution in [-0.2, 0) is 14.4 Å². The third kappa shape index (κ3) is 4.34. The number of aromatic nitrogens is 1. The Morgan fingerprint density at radius 2 is 1.73 bits per heavy atom. The van der Waals surface area contributed by atoms with E-state index in [-0.39, 0.29) is 23.4 Å². The van der Waals surface area contributed by atoms with Crippen LogP contribution in [0.1, 0.15) is 64.4 Å². The van der Waals surface area contributed by atoms with Crippen LogP contribution in [0.3, 0.4) is 0 Å². The van der Waals surface area contributed by atoms with Crippen molar-refractivity contribution in [1.29, 1.82) is 0 Å². The molecule has 26 heavy (non-hydrogen) atoms. The Hall–Kier alpha value is -2.56. The Labute approximate surface area is 154 Å². The summed E-state index contributed by atoms with van der Waals surface area (Å²) < 4.78 is 0. The lowest BCUT2D eigenvalue weighted by molar-refractivity contribution is -0.118. The van der Waals surface area contributed by atoms with Crippen LogP contribution in [0.5, 0.6) is 0 Å². The van der Waals surface area contributed by atoms with E-state index in [1.54, 1.807) is 33.2 Å². The molecule has 1 aliphatic rings. The van der Waals surface area contributed by atoms with E-state index in [1.807, 2.05) is 12.1 Å². The molecule has 1 unspecified atom stereocenters. The number of nitrogens with two attached hydrogens (primary N) is 1. The third-order valence-electron chi connectivity index (χ3n) is 5.08. The lowest BCUT2D eigenvalue weighted by Gasteiger charge is -2.26. The Kier molecular flexibility index (Phi) is 6.61. The second kappa shape index (κ2) is 8.70. The fourth-order valence-electron chi connectivity index (χ4n) is 3.42. The fourth-order valence-corrected chi connectivity index (χ4v) is 3.42. The number of allylic oxidation sites excluding steroid dienone is 4. The van der Waals surface area contributed by atoms with Crippen LogP contribution >= 0.6 is 0 Å². The van der Waals surface area contributed by atoms with Crippen molar-refractivity contribution in [1.82, 2.24) is 4.98 Å². The first kappa shape index (κ1) is 19.8. The molecule has 2 N–H and O–H groups in total. The van der Waals surface area contributed by atoms with Crippen molar-refractivity contribution in [3.8, 4) is 0 Å². The van der Waals surface area contributed by atoms with Gasteiger partial charge < -0.3 is 5.73 Å². The van der Waals surface area contributed by atoms with Crippen molar-refractivity contribution in [2.45, 2.75) is 58.8 Å². The lowest BCUT2D eigenvalue weighted by atomic mass is 9.76. The molecule has 1 aromatic rings. The second-order valence-corrected chi connectivity index (χ2v) is 6.85. The second-order valence-electron chi connectivity index (χ2n) is 6.85. The molecule has 1 aromatic heterocycles. The predicted molar refractivity (Wildman–Crippen MR) is 100 cm³/mol. The first-order chi connectivity index (χ1) is 12.3. The van der Waals surface area contributed by atoms with Crippen LogP contribution in [0.25, 0.3) is 0 Å². The monoisotopic (exact) mass is 354 g/mol. The van der Waals surface area contributed by atoms with E-state index in [0.717, 1.165) is 31.2 Å². The molecule has 5 nitrogen and oxygen atoms in total. The van der Waals surface area contributed by atoms with Crippen LogP contribution in [0.2, 0.25) is 0 Å². The van der Waals surface area contributed by atoms with Gasteiger partial charge in [0.2, 0.25) is 5.91 Å². The summed E-state index contributed by atoms with van der Waals surface area (Å²) in [6.07, 6.45) is 6.97. The van der Waals surface area contributed by atoms with Crippen LogP contribution in [0.15, 0.2) is 46.8 Å². The number of rotatable bonds is 8. The minimum absolute atomic E-state index is 0.0504. The Morgan fingerprint density at radius 1 is 1.04 bits per heavy atom. The number of ketones is 2. The van der Waals surface area contributed by atoms with Crippen molar-refractivity contribution >= 4 is 17.5 Å². The van der Waals surface area contributed by atoms with Crippen LogP contribution in [0.4, 0.5) is 0 Å². The van der Waals surface area contributed by atoms with E-state index in [0.29, 0.717) is 28.7 Å². The Bertz CT molecular complexity index is 776. The summed E-state index contributed by atoms with van der Waals surface area (Å²) in [6, 6.07) is 3.79. The lowest BCUT2D eigenvalue weighted by Crippen LogP contribution is -2.24. The predicted octanol–water partition coefficient (Wildman–Crippen LogP) is 3.41. The summed E-state index contributed by atoms with van der Waals surface area (Å²) in [7, 11) is 0. The maximum absolute atomic E-state index is 12.9. The molecule has 0 aromatic carbocycles. The van der Waals surface area contributed by atoms with Gasteiger partial charge in [0.15, 0.2) is 11.6 Å². The third-order valence-corrected chi connectivity index (χ3v) is 5.08. The van der Waals surface area contributed by atoms with E-state index >= 15 is 0 Å². The molecule has 5 heteroatoms. The molecule has 1 aliphatic carbocycles. The quantitative estimate of drug-likeness (QED) is 0.572. The van der Waals surface area contributed by atoms with Gasteiger partial charge in [-0.15, -0.1) is 0 Å². The van der Waals surface area contributed by atoms with Crippen molar-refractivity contribution in [2.24, 2.45) is 5.73 Å². The first-order valence-electron chi connectivity index (χ1n) is 9.00. The van der Waals surface area contributed by atoms with Gasteiger partial charge in [0.25, 0.3) is 0 Å². The van der Waals surface area contributed by atoms with Gasteiger partial charge in [-0.05, 0) is 45.2 Å². The zero-order valence-corrected chi connectivity index (χ0v) is 15.7. The molecule has 1 atom stereocenters. The molecule has 1 heterocycles. The summed E-state index contributed by atoms with van der Waals surface area (Å²) in [5.41, 5.74) is 8.29. The van der Waals surface area contributed by atoms with Gasteiger partial charge in [-0.25, -0.2) is 0 Å². The summed E-state index contributed by atoms with van der Waals surface area (Å²) in [5, 5.41) is 0. The average Bonchev–Trinajstić information content (AvgIpc) is 2.63. The SMILES string of the molecule is CC1=C(C)C(=O)C(C(CCCCCC(N)=O)c2cccnc2)=C(C)C1=O. The molecule has 2 rings (SSSR count). The largest absolute Gasteiger partial charge is 0.370 e. The fraction of sp³-hybridized carbons (Fsp3) is 0.429. The maximum Gasteiger partial charge on any atom is 0.217 e. The zero-order chi connectivity index (χ0) is 19.3. The number of carbonyl (C=O) groups is 3. The molecule has 138 valence electrons. The van der Waals surface area contributed by atoms with Gasteiger partial charge in [-0.3, -0.25) is 19.4 Å². The highest BCUT2D eigenvalue weighted by molar-refractivity contribution is 6.25. The Morgan fingerprint density at radius 3 is 2.35 bits per heavy atom. The number of nitrogens with zero attached hydrogens (tertiary/aromatic N) is 1. The van der Waals surface area contributed by atoms with Gasteiger partial charge in [-0.1, -0.05) is 18.9 Å². The van der Waals surface area contributed by atoms with E-state index in [9.17, 15) is 14.4 Å². The summed E-state index contributed by atoms with van der Waals surface area (Å²) in [5.74, 6) is -0.571. The molecule has 0 saturated carbocycles. The maximum atomic E-state index is 12.9. The number of carbonyl (C=O) groups excluding carboxylic acids is 3. The topological polar surface area (TPSA) is 90.1 Å². The highest BCUT2D eigenvalue weighted by Crippen LogP contribution is 2.37. The van der Waals surface area contributed by atoms with Crippen molar-refractivity contribution in [3.63, 3.8) is 0 Å². The van der Waals surface area contributed by atoms with Gasteiger partial charge in [-0.2, -0.15) is 0 Å². The number of primary amides is 1. The molecule has 1 amide bonds. The number of Topliss-reactive ketones (excluding diaryl/α,β-unsaturated/α-hetero) is 2. The van der Waals surface area contributed by atoms with Gasteiger partial charge in [0, 0.05) is 47.0 Å². The standard InChI is InChI=1S/C21H26N2O3/c1-13-14(2)21(26)19(15(3)20(13)25)17(16-8-7-11-23-12-16)9-5-4-6-10-18(22)24/h7-8,11-12,17H,4-6,9-10H2,1-3H3,(H2,22,24). The first-order valence-corrected chi connectivity index (χ1v) is 9.00. The summed E-state index contributed by atoms with van der Waals surface area (Å²) >= 11 is 0.